The number of β-amino-alcohol motifs (C(OH)–C–C–N with tert-alkyl or cyclic N) is 1. The van der Waals surface area contributed by atoms with Crippen molar-refractivity contribution in [2.45, 2.75) is 51.4 Å². The number of aliphatic hydroxyl groups is 1. The molecule has 0 bridgehead atoms. The maximum absolute atomic E-state index is 12.9. The number of anilines is 1. The lowest BCUT2D eigenvalue weighted by molar-refractivity contribution is -0.137. The van der Waals surface area contributed by atoms with Crippen LogP contribution in [0.4, 0.5) is 18.9 Å². The second-order valence-corrected chi connectivity index (χ2v) is 6.40. The molecule has 1 atom stereocenters. The summed E-state index contributed by atoms with van der Waals surface area (Å²) in [5, 5.41) is 13.1. The van der Waals surface area contributed by atoms with Gasteiger partial charge in [-0.15, -0.1) is 0 Å². The van der Waals surface area contributed by atoms with Gasteiger partial charge >= 0.3 is 6.18 Å². The van der Waals surface area contributed by atoms with E-state index in [4.69, 9.17) is 17.3 Å². The number of nitrogens with one attached hydrogen (secondary N) is 1. The first kappa shape index (κ1) is 19.1. The molecule has 126 valence electrons. The number of nitrogens with two attached hydrogens (primary N) is 1. The highest BCUT2D eigenvalue weighted by Crippen LogP contribution is 2.38. The van der Waals surface area contributed by atoms with Gasteiger partial charge in [-0.05, 0) is 38.0 Å². The molecule has 0 spiro atoms. The molecule has 1 aromatic rings. The number of hydrogen-bond acceptors (Lipinski definition) is 3. The molecule has 3 nitrogen and oxygen atoms in total. The van der Waals surface area contributed by atoms with E-state index in [1.165, 1.54) is 6.07 Å². The number of alkyl halides is 3. The molecule has 0 heterocycles. The van der Waals surface area contributed by atoms with E-state index in [9.17, 15) is 18.3 Å². The molecule has 0 aliphatic rings. The molecule has 0 radical (unpaired) electrons. The minimum atomic E-state index is -4.61. The predicted octanol–water partition coefficient (Wildman–Crippen LogP) is 4.14. The Labute approximate surface area is 133 Å². The summed E-state index contributed by atoms with van der Waals surface area (Å²) in [7, 11) is 0. The van der Waals surface area contributed by atoms with Crippen LogP contribution in [0.25, 0.3) is 0 Å². The van der Waals surface area contributed by atoms with Crippen molar-refractivity contribution in [3.8, 4) is 0 Å². The standard InChI is InChI=1S/C15H22ClF3N2O/c1-4-5-14(2,3)21-8-12(22)9-6-10(15(17,18)19)13(20)11(16)7-9/h6-7,12,21-22H,4-5,8,20H2,1-3H3. The molecular weight excluding hydrogens is 317 g/mol. The Morgan fingerprint density at radius 2 is 1.91 bits per heavy atom. The highest BCUT2D eigenvalue weighted by atomic mass is 35.5. The van der Waals surface area contributed by atoms with E-state index >= 15 is 0 Å². The molecular formula is C15H22ClF3N2O. The van der Waals surface area contributed by atoms with Gasteiger partial charge in [0, 0.05) is 12.1 Å². The fourth-order valence-corrected chi connectivity index (χ4v) is 2.50. The van der Waals surface area contributed by atoms with E-state index < -0.39 is 23.5 Å². The Balaban J connectivity index is 2.95. The van der Waals surface area contributed by atoms with Crippen molar-refractivity contribution in [3.05, 3.63) is 28.3 Å². The topological polar surface area (TPSA) is 58.3 Å². The zero-order valence-corrected chi connectivity index (χ0v) is 13.6. The Morgan fingerprint density at radius 1 is 1.32 bits per heavy atom. The van der Waals surface area contributed by atoms with Crippen LogP contribution < -0.4 is 11.1 Å². The summed E-state index contributed by atoms with van der Waals surface area (Å²) in [6.45, 7) is 6.11. The van der Waals surface area contributed by atoms with Crippen LogP contribution in [-0.2, 0) is 6.18 Å². The van der Waals surface area contributed by atoms with Gasteiger partial charge < -0.3 is 16.2 Å². The molecule has 4 N–H and O–H groups in total. The molecule has 0 fully saturated rings. The summed E-state index contributed by atoms with van der Waals surface area (Å²) in [5.41, 5.74) is 3.70. The predicted molar refractivity (Wildman–Crippen MR) is 82.8 cm³/mol. The number of rotatable bonds is 6. The van der Waals surface area contributed by atoms with Crippen molar-refractivity contribution in [3.63, 3.8) is 0 Å². The first-order chi connectivity index (χ1) is 9.98. The Kier molecular flexibility index (Phi) is 6.12. The van der Waals surface area contributed by atoms with Gasteiger partial charge in [0.1, 0.15) is 0 Å². The van der Waals surface area contributed by atoms with Crippen LogP contribution in [0.3, 0.4) is 0 Å². The van der Waals surface area contributed by atoms with Crippen LogP contribution in [0, 0.1) is 0 Å². The van der Waals surface area contributed by atoms with Gasteiger partial charge in [0.15, 0.2) is 0 Å². The lowest BCUT2D eigenvalue weighted by Gasteiger charge is -2.27. The molecule has 7 heteroatoms. The van der Waals surface area contributed by atoms with Gasteiger partial charge in [0.2, 0.25) is 0 Å². The smallest absolute Gasteiger partial charge is 0.397 e. The normalized spacial score (nSPS) is 14.2. The zero-order valence-electron chi connectivity index (χ0n) is 12.9. The number of hydrogen-bond donors (Lipinski definition) is 3. The van der Waals surface area contributed by atoms with E-state index in [1.54, 1.807) is 0 Å². The quantitative estimate of drug-likeness (QED) is 0.683. The summed E-state index contributed by atoms with van der Waals surface area (Å²) in [6.07, 6.45) is -3.87. The van der Waals surface area contributed by atoms with Crippen molar-refractivity contribution in [1.82, 2.24) is 5.32 Å². The molecule has 1 aromatic carbocycles. The second kappa shape index (κ2) is 7.06. The van der Waals surface area contributed by atoms with E-state index in [1.807, 2.05) is 20.8 Å². The largest absolute Gasteiger partial charge is 0.418 e. The minimum absolute atomic E-state index is 0.0892. The molecule has 0 aliphatic heterocycles. The van der Waals surface area contributed by atoms with Crippen molar-refractivity contribution in [1.29, 1.82) is 0 Å². The van der Waals surface area contributed by atoms with Crippen LogP contribution in [0.2, 0.25) is 5.02 Å². The summed E-state index contributed by atoms with van der Waals surface area (Å²) in [5.74, 6) is 0. The zero-order chi connectivity index (χ0) is 17.1. The summed E-state index contributed by atoms with van der Waals surface area (Å²) in [6, 6.07) is 2.12. The number of halogens is 4. The van der Waals surface area contributed by atoms with Gasteiger partial charge in [0.05, 0.1) is 22.4 Å². The highest BCUT2D eigenvalue weighted by Gasteiger charge is 2.34. The first-order valence-corrected chi connectivity index (χ1v) is 7.45. The van der Waals surface area contributed by atoms with Gasteiger partial charge in [-0.25, -0.2) is 0 Å². The fraction of sp³-hybridized carbons (Fsp3) is 0.600. The molecule has 1 rings (SSSR count). The van der Waals surface area contributed by atoms with Crippen molar-refractivity contribution in [2.75, 3.05) is 12.3 Å². The summed E-state index contributed by atoms with van der Waals surface area (Å²) < 4.78 is 38.7. The Hall–Kier alpha value is -0.980. The van der Waals surface area contributed by atoms with E-state index in [2.05, 4.69) is 5.32 Å². The van der Waals surface area contributed by atoms with Crippen molar-refractivity contribution < 1.29 is 18.3 Å². The van der Waals surface area contributed by atoms with Gasteiger partial charge in [-0.1, -0.05) is 24.9 Å². The molecule has 22 heavy (non-hydrogen) atoms. The number of nitrogen functional groups attached to an aromatic ring is 1. The van der Waals surface area contributed by atoms with Crippen LogP contribution in [0.5, 0.6) is 0 Å². The van der Waals surface area contributed by atoms with Crippen molar-refractivity contribution in [2.24, 2.45) is 0 Å². The fourth-order valence-electron chi connectivity index (χ4n) is 2.27. The third kappa shape index (κ3) is 5.04. The van der Waals surface area contributed by atoms with Crippen LogP contribution in [0.1, 0.15) is 50.8 Å². The van der Waals surface area contributed by atoms with E-state index in [0.717, 1.165) is 18.9 Å². The summed E-state index contributed by atoms with van der Waals surface area (Å²) in [4.78, 5) is 0. The average Bonchev–Trinajstić information content (AvgIpc) is 2.37. The van der Waals surface area contributed by atoms with E-state index in [0.29, 0.717) is 0 Å². The van der Waals surface area contributed by atoms with Crippen LogP contribution >= 0.6 is 11.6 Å². The lowest BCUT2D eigenvalue weighted by Crippen LogP contribution is -2.41. The van der Waals surface area contributed by atoms with Gasteiger partial charge in [0.25, 0.3) is 0 Å². The molecule has 0 aliphatic carbocycles. The van der Waals surface area contributed by atoms with Crippen molar-refractivity contribution >= 4 is 17.3 Å². The molecule has 0 amide bonds. The highest BCUT2D eigenvalue weighted by molar-refractivity contribution is 6.33. The molecule has 0 saturated heterocycles. The third-order valence-corrected chi connectivity index (χ3v) is 3.80. The molecule has 0 aromatic heterocycles. The molecule has 0 saturated carbocycles. The maximum atomic E-state index is 12.9. The number of aliphatic hydroxyl groups excluding tert-OH is 1. The monoisotopic (exact) mass is 338 g/mol. The SMILES string of the molecule is CCCC(C)(C)NCC(O)c1cc(Cl)c(N)c(C(F)(F)F)c1. The number of benzene rings is 1. The Bertz CT molecular complexity index is 518. The van der Waals surface area contributed by atoms with Crippen LogP contribution in [-0.4, -0.2) is 17.2 Å². The average molecular weight is 339 g/mol. The Morgan fingerprint density at radius 3 is 2.41 bits per heavy atom. The van der Waals surface area contributed by atoms with Gasteiger partial charge in [-0.2, -0.15) is 13.2 Å². The lowest BCUT2D eigenvalue weighted by atomic mass is 9.97. The second-order valence-electron chi connectivity index (χ2n) is 5.99. The molecule has 1 unspecified atom stereocenters. The van der Waals surface area contributed by atoms with E-state index in [-0.39, 0.29) is 22.7 Å². The minimum Gasteiger partial charge on any atom is -0.397 e. The third-order valence-electron chi connectivity index (χ3n) is 3.49. The van der Waals surface area contributed by atoms with Crippen LogP contribution in [0.15, 0.2) is 12.1 Å². The first-order valence-electron chi connectivity index (χ1n) is 7.07. The van der Waals surface area contributed by atoms with Gasteiger partial charge in [-0.3, -0.25) is 0 Å². The summed E-state index contributed by atoms with van der Waals surface area (Å²) >= 11 is 5.75. The maximum Gasteiger partial charge on any atom is 0.418 e.